The lowest BCUT2D eigenvalue weighted by molar-refractivity contribution is -0.696. The highest BCUT2D eigenvalue weighted by Gasteiger charge is 2.36. The van der Waals surface area contributed by atoms with Crippen molar-refractivity contribution in [3.8, 4) is 11.5 Å². The molecule has 1 aliphatic rings. The molecule has 0 saturated heterocycles. The Hall–Kier alpha value is -2.55. The average Bonchev–Trinajstić information content (AvgIpc) is 3.40. The Labute approximate surface area is 192 Å². The van der Waals surface area contributed by atoms with E-state index in [1.165, 1.54) is 0 Å². The number of fused-ring (bicyclic) bond motifs is 1. The summed E-state index contributed by atoms with van der Waals surface area (Å²) in [6, 6.07) is 4.14. The molecule has 0 bridgehead atoms. The molecule has 1 atom stereocenters. The highest BCUT2D eigenvalue weighted by atomic mass is 79.9. The number of carbonyl (C=O) groups excluding carboxylic acids is 2. The predicted octanol–water partition coefficient (Wildman–Crippen LogP) is -0.0638. The molecule has 1 aromatic carbocycles. The van der Waals surface area contributed by atoms with Gasteiger partial charge in [-0.25, -0.2) is 18.7 Å². The van der Waals surface area contributed by atoms with Gasteiger partial charge in [0.2, 0.25) is 13.1 Å². The van der Waals surface area contributed by atoms with Gasteiger partial charge in [0.05, 0.1) is 13.2 Å². The summed E-state index contributed by atoms with van der Waals surface area (Å²) in [5.41, 5.74) is 0.746. The van der Waals surface area contributed by atoms with E-state index in [0.29, 0.717) is 11.5 Å². The van der Waals surface area contributed by atoms with Crippen LogP contribution in [0.2, 0.25) is 0 Å². The zero-order valence-corrected chi connectivity index (χ0v) is 19.5. The lowest BCUT2D eigenvalue weighted by atomic mass is 10.2. The second kappa shape index (κ2) is 12.3. The second-order valence-corrected chi connectivity index (χ2v) is 7.17. The SMILES string of the molecule is CCCCOC(=O)C(C(=O)OCc1ccc2c(c1)OCO2)n1cc[n+](CCCC)c1.[Br-]. The molecule has 0 fully saturated rings. The molecule has 0 aliphatic carbocycles. The van der Waals surface area contributed by atoms with Crippen LogP contribution >= 0.6 is 0 Å². The maximum absolute atomic E-state index is 12.8. The van der Waals surface area contributed by atoms with Crippen LogP contribution in [0, 0.1) is 0 Å². The lowest BCUT2D eigenvalue weighted by Gasteiger charge is -2.13. The number of hydrogen-bond acceptors (Lipinski definition) is 6. The molecule has 0 spiro atoms. The number of ether oxygens (including phenoxy) is 4. The maximum atomic E-state index is 12.8. The van der Waals surface area contributed by atoms with Crippen molar-refractivity contribution in [2.24, 2.45) is 0 Å². The molecule has 3 rings (SSSR count). The van der Waals surface area contributed by atoms with Gasteiger partial charge in [-0.3, -0.25) is 0 Å². The fourth-order valence-corrected chi connectivity index (χ4v) is 3.04. The van der Waals surface area contributed by atoms with Gasteiger partial charge < -0.3 is 35.9 Å². The number of carbonyl (C=O) groups is 2. The summed E-state index contributed by atoms with van der Waals surface area (Å²) in [6.45, 7) is 5.40. The largest absolute Gasteiger partial charge is 1.00 e. The first kappa shape index (κ1) is 24.7. The molecule has 0 saturated carbocycles. The van der Waals surface area contributed by atoms with E-state index < -0.39 is 18.0 Å². The van der Waals surface area contributed by atoms with Crippen molar-refractivity contribution in [3.63, 3.8) is 0 Å². The van der Waals surface area contributed by atoms with Crippen LogP contribution in [0.3, 0.4) is 0 Å². The van der Waals surface area contributed by atoms with Crippen LogP contribution < -0.4 is 31.0 Å². The highest BCUT2D eigenvalue weighted by Crippen LogP contribution is 2.32. The quantitative estimate of drug-likeness (QED) is 0.187. The van der Waals surface area contributed by atoms with Crippen LogP contribution in [0.1, 0.15) is 51.1 Å². The van der Waals surface area contributed by atoms with Gasteiger partial charge >= 0.3 is 11.9 Å². The van der Waals surface area contributed by atoms with Gasteiger partial charge in [-0.05, 0) is 30.5 Å². The fraction of sp³-hybridized carbons (Fsp3) is 0.500. The number of rotatable bonds is 11. The van der Waals surface area contributed by atoms with Crippen molar-refractivity contribution < 1.29 is 50.1 Å². The van der Waals surface area contributed by atoms with Gasteiger partial charge in [0.1, 0.15) is 19.0 Å². The smallest absolute Gasteiger partial charge is 0.364 e. The Morgan fingerprint density at radius 3 is 2.61 bits per heavy atom. The molecule has 2 heterocycles. The van der Waals surface area contributed by atoms with E-state index in [1.54, 1.807) is 35.3 Å². The van der Waals surface area contributed by atoms with Crippen molar-refractivity contribution in [2.45, 2.75) is 58.7 Å². The lowest BCUT2D eigenvalue weighted by Crippen LogP contribution is -3.00. The van der Waals surface area contributed by atoms with Crippen molar-refractivity contribution in [1.82, 2.24) is 4.57 Å². The Balaban J connectivity index is 0.00000341. The van der Waals surface area contributed by atoms with Gasteiger partial charge in [-0.1, -0.05) is 32.8 Å². The minimum absolute atomic E-state index is 0. The normalized spacial score (nSPS) is 12.7. The molecule has 170 valence electrons. The van der Waals surface area contributed by atoms with E-state index in [9.17, 15) is 9.59 Å². The van der Waals surface area contributed by atoms with Crippen molar-refractivity contribution in [2.75, 3.05) is 13.4 Å². The third kappa shape index (κ3) is 6.72. The zero-order valence-electron chi connectivity index (χ0n) is 17.9. The molecule has 1 unspecified atom stereocenters. The molecule has 0 radical (unpaired) electrons. The number of aryl methyl sites for hydroxylation is 1. The van der Waals surface area contributed by atoms with E-state index in [-0.39, 0.29) is 37.0 Å². The van der Waals surface area contributed by atoms with E-state index in [4.69, 9.17) is 18.9 Å². The van der Waals surface area contributed by atoms with Gasteiger partial charge in [-0.15, -0.1) is 0 Å². The number of halogens is 1. The van der Waals surface area contributed by atoms with E-state index >= 15 is 0 Å². The third-order valence-electron chi connectivity index (χ3n) is 4.79. The molecule has 8 nitrogen and oxygen atoms in total. The summed E-state index contributed by atoms with van der Waals surface area (Å²) < 4.78 is 24.9. The second-order valence-electron chi connectivity index (χ2n) is 7.17. The maximum Gasteiger partial charge on any atom is 0.364 e. The minimum Gasteiger partial charge on any atom is -1.00 e. The fourth-order valence-electron chi connectivity index (χ4n) is 3.04. The monoisotopic (exact) mass is 496 g/mol. The van der Waals surface area contributed by atoms with Crippen LogP contribution in [0.15, 0.2) is 36.9 Å². The first-order valence-electron chi connectivity index (χ1n) is 10.4. The topological polar surface area (TPSA) is 79.9 Å². The molecule has 9 heteroatoms. The number of aromatic nitrogens is 2. The van der Waals surface area contributed by atoms with E-state index in [1.807, 2.05) is 17.7 Å². The number of unbranched alkanes of at least 4 members (excludes halogenated alkanes) is 2. The highest BCUT2D eigenvalue weighted by molar-refractivity contribution is 5.97. The Kier molecular flexibility index (Phi) is 9.84. The summed E-state index contributed by atoms with van der Waals surface area (Å²) in [5.74, 6) is -0.00216. The predicted molar refractivity (Wildman–Crippen MR) is 107 cm³/mol. The van der Waals surface area contributed by atoms with Crippen molar-refractivity contribution in [3.05, 3.63) is 42.5 Å². The standard InChI is InChI=1S/C22H29N2O6.BrH/c1-3-5-9-23-10-11-24(15-23)20(21(25)27-12-6-4-2)22(26)28-14-17-7-8-18-19(13-17)30-16-29-18;/h7-8,10-11,13,15,20H,3-6,9,12,14,16H2,1-2H3;1H/q+1;/p-1. The molecule has 0 N–H and O–H groups in total. The molecular weight excluding hydrogens is 468 g/mol. The van der Waals surface area contributed by atoms with Gasteiger partial charge in [0, 0.05) is 0 Å². The van der Waals surface area contributed by atoms with Gasteiger partial charge in [-0.2, -0.15) is 0 Å². The van der Waals surface area contributed by atoms with Gasteiger partial charge in [0.25, 0.3) is 6.04 Å². The van der Waals surface area contributed by atoms with Gasteiger partial charge in [0.15, 0.2) is 11.5 Å². The number of imidazole rings is 1. The number of nitrogens with zero attached hydrogens (tertiary/aromatic N) is 2. The molecular formula is C22H29BrN2O6. The molecule has 31 heavy (non-hydrogen) atoms. The summed E-state index contributed by atoms with van der Waals surface area (Å²) in [6.07, 6.45) is 8.98. The van der Waals surface area contributed by atoms with Crippen LogP contribution in [0.5, 0.6) is 11.5 Å². The van der Waals surface area contributed by atoms with Crippen LogP contribution in [-0.4, -0.2) is 29.9 Å². The molecule has 0 amide bonds. The molecule has 1 aromatic heterocycles. The minimum atomic E-state index is -1.18. The number of esters is 2. The summed E-state index contributed by atoms with van der Waals surface area (Å²) >= 11 is 0. The van der Waals surface area contributed by atoms with Crippen molar-refractivity contribution >= 4 is 11.9 Å². The average molecular weight is 497 g/mol. The Bertz CT molecular complexity index is 869. The third-order valence-corrected chi connectivity index (χ3v) is 4.79. The molecule has 2 aromatic rings. The first-order chi connectivity index (χ1) is 14.6. The molecule has 1 aliphatic heterocycles. The Morgan fingerprint density at radius 1 is 1.10 bits per heavy atom. The van der Waals surface area contributed by atoms with E-state index in [2.05, 4.69) is 6.92 Å². The van der Waals surface area contributed by atoms with Crippen LogP contribution in [0.25, 0.3) is 0 Å². The zero-order chi connectivity index (χ0) is 21.3. The van der Waals surface area contributed by atoms with E-state index in [0.717, 1.165) is 37.8 Å². The van der Waals surface area contributed by atoms with Crippen LogP contribution in [-0.2, 0) is 32.2 Å². The Morgan fingerprint density at radius 2 is 1.84 bits per heavy atom. The number of benzene rings is 1. The summed E-state index contributed by atoms with van der Waals surface area (Å²) in [5, 5.41) is 0. The summed E-state index contributed by atoms with van der Waals surface area (Å²) in [7, 11) is 0. The van der Waals surface area contributed by atoms with Crippen LogP contribution in [0.4, 0.5) is 0 Å². The van der Waals surface area contributed by atoms with Crippen molar-refractivity contribution in [1.29, 1.82) is 0 Å². The summed E-state index contributed by atoms with van der Waals surface area (Å²) in [4.78, 5) is 25.5. The number of hydrogen-bond donors (Lipinski definition) is 0. The first-order valence-corrected chi connectivity index (χ1v) is 10.4.